The van der Waals surface area contributed by atoms with Gasteiger partial charge >= 0.3 is 5.97 Å². The van der Waals surface area contributed by atoms with Crippen LogP contribution in [0.15, 0.2) is 22.7 Å². The number of anilines is 1. The molecule has 0 radical (unpaired) electrons. The van der Waals surface area contributed by atoms with E-state index in [-0.39, 0.29) is 23.7 Å². The summed E-state index contributed by atoms with van der Waals surface area (Å²) >= 11 is 3.26. The van der Waals surface area contributed by atoms with Crippen molar-refractivity contribution < 1.29 is 13.9 Å². The predicted octanol–water partition coefficient (Wildman–Crippen LogP) is 3.20. The molecule has 2 atom stereocenters. The van der Waals surface area contributed by atoms with E-state index in [2.05, 4.69) is 26.0 Å². The van der Waals surface area contributed by atoms with E-state index in [1.54, 1.807) is 26.0 Å². The molecule has 0 spiro atoms. The molecule has 5 heteroatoms. The fraction of sp³-hybridized carbons (Fsp3) is 0.417. The minimum atomic E-state index is -0.358. The lowest BCUT2D eigenvalue weighted by Gasteiger charge is -2.21. The summed E-state index contributed by atoms with van der Waals surface area (Å²) in [5.41, 5.74) is 0.357. The van der Waals surface area contributed by atoms with Crippen molar-refractivity contribution in [2.45, 2.75) is 19.9 Å². The molecule has 0 bridgehead atoms. The van der Waals surface area contributed by atoms with Gasteiger partial charge in [-0.15, -0.1) is 0 Å². The standard InChI is InChI=1S/C12H15BrFNO2/c1-7(12(16)17-3)8(2)15-11-9(13)5-4-6-10(11)14/h4-8,15H,1-3H3. The highest BCUT2D eigenvalue weighted by Crippen LogP contribution is 2.26. The Bertz CT molecular complexity index is 391. The van der Waals surface area contributed by atoms with E-state index < -0.39 is 0 Å². The lowest BCUT2D eigenvalue weighted by Crippen LogP contribution is -2.31. The summed E-state index contributed by atoms with van der Waals surface area (Å²) in [6.45, 7) is 3.54. The van der Waals surface area contributed by atoms with Gasteiger partial charge in [0.1, 0.15) is 5.82 Å². The first-order chi connectivity index (χ1) is 7.97. The van der Waals surface area contributed by atoms with Crippen LogP contribution in [0.5, 0.6) is 0 Å². The molecule has 0 aliphatic rings. The molecule has 3 nitrogen and oxygen atoms in total. The van der Waals surface area contributed by atoms with Gasteiger partial charge in [0.05, 0.1) is 18.7 Å². The first-order valence-electron chi connectivity index (χ1n) is 5.25. The number of benzene rings is 1. The first-order valence-corrected chi connectivity index (χ1v) is 6.05. The fourth-order valence-corrected chi connectivity index (χ4v) is 1.83. The van der Waals surface area contributed by atoms with Crippen LogP contribution in [0.2, 0.25) is 0 Å². The number of rotatable bonds is 4. The summed E-state index contributed by atoms with van der Waals surface area (Å²) in [4.78, 5) is 11.3. The number of ether oxygens (including phenoxy) is 1. The van der Waals surface area contributed by atoms with Gasteiger partial charge in [-0.2, -0.15) is 0 Å². The minimum Gasteiger partial charge on any atom is -0.469 e. The van der Waals surface area contributed by atoms with E-state index >= 15 is 0 Å². The number of halogens is 2. The van der Waals surface area contributed by atoms with Crippen LogP contribution in [0.1, 0.15) is 13.8 Å². The molecule has 0 fully saturated rings. The van der Waals surface area contributed by atoms with Gasteiger partial charge in [-0.1, -0.05) is 6.07 Å². The molecule has 2 unspecified atom stereocenters. The van der Waals surface area contributed by atoms with Crippen LogP contribution in [-0.4, -0.2) is 19.1 Å². The Balaban J connectivity index is 2.81. The van der Waals surface area contributed by atoms with Crippen LogP contribution >= 0.6 is 15.9 Å². The highest BCUT2D eigenvalue weighted by molar-refractivity contribution is 9.10. The van der Waals surface area contributed by atoms with Crippen molar-refractivity contribution in [1.29, 1.82) is 0 Å². The molecular formula is C12H15BrFNO2. The molecule has 94 valence electrons. The summed E-state index contributed by atoms with van der Waals surface area (Å²) in [5.74, 6) is -1.03. The van der Waals surface area contributed by atoms with E-state index in [0.29, 0.717) is 10.2 Å². The number of esters is 1. The van der Waals surface area contributed by atoms with E-state index in [1.807, 2.05) is 0 Å². The molecule has 0 saturated carbocycles. The zero-order valence-electron chi connectivity index (χ0n) is 9.96. The number of carbonyl (C=O) groups is 1. The zero-order valence-corrected chi connectivity index (χ0v) is 11.5. The number of carbonyl (C=O) groups excluding carboxylic acids is 1. The fourth-order valence-electron chi connectivity index (χ4n) is 1.38. The van der Waals surface area contributed by atoms with Crippen molar-refractivity contribution in [3.63, 3.8) is 0 Å². The SMILES string of the molecule is COC(=O)C(C)C(C)Nc1c(F)cccc1Br. The van der Waals surface area contributed by atoms with E-state index in [9.17, 15) is 9.18 Å². The third kappa shape index (κ3) is 3.43. The molecule has 0 aliphatic heterocycles. The maximum absolute atomic E-state index is 13.5. The van der Waals surface area contributed by atoms with Crippen LogP contribution in [0.25, 0.3) is 0 Å². The van der Waals surface area contributed by atoms with Crippen LogP contribution in [0, 0.1) is 11.7 Å². The van der Waals surface area contributed by atoms with Gasteiger partial charge < -0.3 is 10.1 Å². The first kappa shape index (κ1) is 14.0. The maximum Gasteiger partial charge on any atom is 0.310 e. The Morgan fingerprint density at radius 2 is 2.12 bits per heavy atom. The van der Waals surface area contributed by atoms with Gasteiger partial charge in [-0.3, -0.25) is 4.79 Å². The number of hydrogen-bond donors (Lipinski definition) is 1. The number of nitrogens with one attached hydrogen (secondary N) is 1. The van der Waals surface area contributed by atoms with Crippen LogP contribution < -0.4 is 5.32 Å². The Kier molecular flexibility index (Phi) is 4.93. The Morgan fingerprint density at radius 3 is 2.65 bits per heavy atom. The molecule has 1 aromatic carbocycles. The summed E-state index contributed by atoms with van der Waals surface area (Å²) in [7, 11) is 1.34. The smallest absolute Gasteiger partial charge is 0.310 e. The van der Waals surface area contributed by atoms with Crippen LogP contribution in [-0.2, 0) is 9.53 Å². The average Bonchev–Trinajstić information content (AvgIpc) is 2.31. The highest BCUT2D eigenvalue weighted by Gasteiger charge is 2.22. The van der Waals surface area contributed by atoms with Gasteiger partial charge in [-0.25, -0.2) is 4.39 Å². The molecule has 1 rings (SSSR count). The van der Waals surface area contributed by atoms with Crippen molar-refractivity contribution >= 4 is 27.6 Å². The molecule has 1 N–H and O–H groups in total. The molecule has 0 amide bonds. The largest absolute Gasteiger partial charge is 0.469 e. The van der Waals surface area contributed by atoms with Gasteiger partial charge in [0.25, 0.3) is 0 Å². The second-order valence-electron chi connectivity index (χ2n) is 3.84. The van der Waals surface area contributed by atoms with Gasteiger partial charge in [0.2, 0.25) is 0 Å². The van der Waals surface area contributed by atoms with Crippen molar-refractivity contribution in [1.82, 2.24) is 0 Å². The molecule has 0 saturated heterocycles. The molecule has 17 heavy (non-hydrogen) atoms. The van der Waals surface area contributed by atoms with Crippen molar-refractivity contribution in [3.8, 4) is 0 Å². The van der Waals surface area contributed by atoms with Crippen LogP contribution in [0.4, 0.5) is 10.1 Å². The predicted molar refractivity (Wildman–Crippen MR) is 68.4 cm³/mol. The molecular weight excluding hydrogens is 289 g/mol. The second-order valence-corrected chi connectivity index (χ2v) is 4.70. The summed E-state index contributed by atoms with van der Waals surface area (Å²) in [6, 6.07) is 4.48. The van der Waals surface area contributed by atoms with Crippen LogP contribution in [0.3, 0.4) is 0 Å². The number of hydrogen-bond acceptors (Lipinski definition) is 3. The van der Waals surface area contributed by atoms with Crippen molar-refractivity contribution in [2.75, 3.05) is 12.4 Å². The monoisotopic (exact) mass is 303 g/mol. The van der Waals surface area contributed by atoms with Gasteiger partial charge in [0.15, 0.2) is 0 Å². The molecule has 0 aromatic heterocycles. The maximum atomic E-state index is 13.5. The number of para-hydroxylation sites is 1. The summed E-state index contributed by atoms with van der Waals surface area (Å²) < 4.78 is 18.8. The third-order valence-corrected chi connectivity index (χ3v) is 3.32. The lowest BCUT2D eigenvalue weighted by molar-refractivity contribution is -0.145. The highest BCUT2D eigenvalue weighted by atomic mass is 79.9. The quantitative estimate of drug-likeness (QED) is 0.868. The normalized spacial score (nSPS) is 13.9. The van der Waals surface area contributed by atoms with Crippen molar-refractivity contribution in [3.05, 3.63) is 28.5 Å². The number of methoxy groups -OCH3 is 1. The molecule has 1 aromatic rings. The summed E-state index contributed by atoms with van der Waals surface area (Å²) in [6.07, 6.45) is 0. The minimum absolute atomic E-state index is 0.226. The van der Waals surface area contributed by atoms with Crippen molar-refractivity contribution in [2.24, 2.45) is 5.92 Å². The zero-order chi connectivity index (χ0) is 13.0. The van der Waals surface area contributed by atoms with Gasteiger partial charge in [0, 0.05) is 10.5 Å². The summed E-state index contributed by atoms with van der Waals surface area (Å²) in [5, 5.41) is 2.97. The van der Waals surface area contributed by atoms with E-state index in [1.165, 1.54) is 13.2 Å². The van der Waals surface area contributed by atoms with Gasteiger partial charge in [-0.05, 0) is 41.9 Å². The lowest BCUT2D eigenvalue weighted by atomic mass is 10.0. The molecule has 0 heterocycles. The Labute approximate surface area is 108 Å². The molecule has 0 aliphatic carbocycles. The Morgan fingerprint density at radius 1 is 1.47 bits per heavy atom. The topological polar surface area (TPSA) is 38.3 Å². The Hall–Kier alpha value is -1.10. The average molecular weight is 304 g/mol. The van der Waals surface area contributed by atoms with E-state index in [0.717, 1.165) is 0 Å². The van der Waals surface area contributed by atoms with E-state index in [4.69, 9.17) is 0 Å². The third-order valence-electron chi connectivity index (χ3n) is 2.66. The second kappa shape index (κ2) is 6.00.